The van der Waals surface area contributed by atoms with Crippen LogP contribution in [0, 0.1) is 11.6 Å². The molecule has 0 fully saturated rings. The molecule has 0 atom stereocenters. The fourth-order valence-electron chi connectivity index (χ4n) is 2.02. The number of nitrogens with zero attached hydrogens (tertiary/aromatic N) is 1. The lowest BCUT2D eigenvalue weighted by molar-refractivity contribution is 0.0695. The number of carbonyl (C=O) groups is 1. The smallest absolute Gasteiger partial charge is 0.341 e. The third-order valence-electron chi connectivity index (χ3n) is 2.97. The van der Waals surface area contributed by atoms with E-state index in [1.54, 1.807) is 6.92 Å². The summed E-state index contributed by atoms with van der Waals surface area (Å²) in [6.45, 7) is 1.83. The van der Waals surface area contributed by atoms with E-state index in [-0.39, 0.29) is 17.4 Å². The van der Waals surface area contributed by atoms with Gasteiger partial charge in [-0.25, -0.2) is 13.6 Å². The maximum absolute atomic E-state index is 14.2. The van der Waals surface area contributed by atoms with Crippen molar-refractivity contribution in [1.29, 1.82) is 0 Å². The zero-order valence-electron chi connectivity index (χ0n) is 10.4. The van der Waals surface area contributed by atoms with E-state index >= 15 is 0 Å². The Morgan fingerprint density at radius 3 is 2.65 bits per heavy atom. The number of hydrogen-bond acceptors (Lipinski definition) is 4. The number of pyridine rings is 1. The third kappa shape index (κ3) is 1.90. The van der Waals surface area contributed by atoms with Crippen LogP contribution in [0.2, 0.25) is 0 Å². The van der Waals surface area contributed by atoms with E-state index in [0.29, 0.717) is 0 Å². The van der Waals surface area contributed by atoms with Crippen LogP contribution in [-0.4, -0.2) is 15.6 Å². The quantitative estimate of drug-likeness (QED) is 0.582. The highest BCUT2D eigenvalue weighted by molar-refractivity contribution is 5.93. The monoisotopic (exact) mass is 283 g/mol. The molecule has 6 nitrogen and oxygen atoms in total. The van der Waals surface area contributed by atoms with E-state index in [2.05, 4.69) is 0 Å². The molecule has 0 aliphatic rings. The Morgan fingerprint density at radius 1 is 1.50 bits per heavy atom. The van der Waals surface area contributed by atoms with Crippen LogP contribution >= 0.6 is 0 Å². The number of aromatic carboxylic acids is 1. The Hall–Kier alpha value is -2.48. The van der Waals surface area contributed by atoms with Crippen LogP contribution in [0.5, 0.6) is 0 Å². The molecule has 8 heteroatoms. The van der Waals surface area contributed by atoms with Crippen molar-refractivity contribution >= 4 is 22.6 Å². The summed E-state index contributed by atoms with van der Waals surface area (Å²) >= 11 is 0. The normalized spacial score (nSPS) is 10.8. The standard InChI is InChI=1S/C12H11F2N3O3/c1-2-17-4-6(12(19)20)11(18)5-3-7(13)9(16-15)8(14)10(5)17/h3-4,16H,2,15H2,1H3,(H,19,20). The number of halogens is 2. The summed E-state index contributed by atoms with van der Waals surface area (Å²) in [4.78, 5) is 23.0. The number of hydrogen-bond donors (Lipinski definition) is 3. The number of hydrazine groups is 1. The van der Waals surface area contributed by atoms with Crippen LogP contribution in [-0.2, 0) is 6.54 Å². The summed E-state index contributed by atoms with van der Waals surface area (Å²) in [5.41, 5.74) is -0.392. The first-order valence-corrected chi connectivity index (χ1v) is 5.67. The minimum absolute atomic E-state index is 0.197. The zero-order valence-corrected chi connectivity index (χ0v) is 10.4. The lowest BCUT2D eigenvalue weighted by Crippen LogP contribution is -2.21. The van der Waals surface area contributed by atoms with E-state index in [1.807, 2.05) is 5.43 Å². The molecule has 1 aromatic carbocycles. The average Bonchev–Trinajstić information content (AvgIpc) is 2.40. The molecule has 0 spiro atoms. The second-order valence-corrected chi connectivity index (χ2v) is 4.05. The third-order valence-corrected chi connectivity index (χ3v) is 2.97. The van der Waals surface area contributed by atoms with Crippen molar-refractivity contribution in [2.45, 2.75) is 13.5 Å². The van der Waals surface area contributed by atoms with Gasteiger partial charge in [0.15, 0.2) is 11.6 Å². The Balaban J connectivity index is 3.05. The number of aromatic nitrogens is 1. The van der Waals surface area contributed by atoms with Crippen molar-refractivity contribution in [3.8, 4) is 0 Å². The Labute approximate surface area is 111 Å². The second-order valence-electron chi connectivity index (χ2n) is 4.05. The molecule has 2 rings (SSSR count). The van der Waals surface area contributed by atoms with E-state index in [9.17, 15) is 18.4 Å². The maximum atomic E-state index is 14.2. The predicted octanol–water partition coefficient (Wildman–Crippen LogP) is 1.28. The van der Waals surface area contributed by atoms with Crippen LogP contribution in [0.1, 0.15) is 17.3 Å². The van der Waals surface area contributed by atoms with Gasteiger partial charge in [0.25, 0.3) is 0 Å². The fraction of sp³-hybridized carbons (Fsp3) is 0.167. The van der Waals surface area contributed by atoms with Crippen LogP contribution in [0.3, 0.4) is 0 Å². The molecule has 0 unspecified atom stereocenters. The number of anilines is 1. The number of aryl methyl sites for hydroxylation is 1. The minimum atomic E-state index is -1.46. The minimum Gasteiger partial charge on any atom is -0.477 e. The molecule has 1 aromatic heterocycles. The van der Waals surface area contributed by atoms with Gasteiger partial charge in [-0.2, -0.15) is 0 Å². The van der Waals surface area contributed by atoms with Gasteiger partial charge in [-0.15, -0.1) is 0 Å². The largest absolute Gasteiger partial charge is 0.477 e. The molecule has 106 valence electrons. The molecular weight excluding hydrogens is 272 g/mol. The van der Waals surface area contributed by atoms with Crippen molar-refractivity contribution in [2.24, 2.45) is 5.84 Å². The Kier molecular flexibility index (Phi) is 3.41. The van der Waals surface area contributed by atoms with Gasteiger partial charge in [-0.05, 0) is 13.0 Å². The first kappa shape index (κ1) is 13.9. The zero-order chi connectivity index (χ0) is 15.0. The van der Waals surface area contributed by atoms with Gasteiger partial charge in [0.2, 0.25) is 5.43 Å². The molecule has 2 aromatic rings. The van der Waals surface area contributed by atoms with Crippen molar-refractivity contribution < 1.29 is 18.7 Å². The van der Waals surface area contributed by atoms with Crippen molar-refractivity contribution in [1.82, 2.24) is 4.57 Å². The van der Waals surface area contributed by atoms with Gasteiger partial charge in [0.1, 0.15) is 11.3 Å². The number of fused-ring (bicyclic) bond motifs is 1. The van der Waals surface area contributed by atoms with Crippen LogP contribution < -0.4 is 16.7 Å². The highest BCUT2D eigenvalue weighted by Gasteiger charge is 2.21. The van der Waals surface area contributed by atoms with Gasteiger partial charge in [0.05, 0.1) is 10.9 Å². The second kappa shape index (κ2) is 4.89. The lowest BCUT2D eigenvalue weighted by Gasteiger charge is -2.13. The SMILES string of the molecule is CCn1cc(C(=O)O)c(=O)c2cc(F)c(NN)c(F)c21. The summed E-state index contributed by atoms with van der Waals surface area (Å²) < 4.78 is 29.1. The van der Waals surface area contributed by atoms with E-state index < -0.39 is 34.3 Å². The van der Waals surface area contributed by atoms with Gasteiger partial charge < -0.3 is 15.1 Å². The van der Waals surface area contributed by atoms with Crippen molar-refractivity contribution in [3.05, 3.63) is 39.7 Å². The molecular formula is C12H11F2N3O3. The number of benzene rings is 1. The molecule has 0 bridgehead atoms. The average molecular weight is 283 g/mol. The summed E-state index contributed by atoms with van der Waals surface area (Å²) in [6, 6.07) is 0.772. The first-order valence-electron chi connectivity index (χ1n) is 5.67. The summed E-state index contributed by atoms with van der Waals surface area (Å²) in [7, 11) is 0. The molecule has 1 heterocycles. The predicted molar refractivity (Wildman–Crippen MR) is 68.6 cm³/mol. The van der Waals surface area contributed by atoms with Gasteiger partial charge in [0, 0.05) is 12.7 Å². The fourth-order valence-corrected chi connectivity index (χ4v) is 2.02. The van der Waals surface area contributed by atoms with Gasteiger partial charge >= 0.3 is 5.97 Å². The maximum Gasteiger partial charge on any atom is 0.341 e. The number of nitrogens with two attached hydrogens (primary N) is 1. The Morgan fingerprint density at radius 2 is 2.15 bits per heavy atom. The summed E-state index contributed by atoms with van der Waals surface area (Å²) in [5, 5.41) is 8.60. The Bertz CT molecular complexity index is 771. The molecule has 20 heavy (non-hydrogen) atoms. The number of nitrogen functional groups attached to an aromatic ring is 1. The summed E-state index contributed by atoms with van der Waals surface area (Å²) in [5.74, 6) is 1.47. The molecule has 0 saturated heterocycles. The highest BCUT2D eigenvalue weighted by atomic mass is 19.1. The molecule has 0 saturated carbocycles. The van der Waals surface area contributed by atoms with E-state index in [1.165, 1.54) is 4.57 Å². The van der Waals surface area contributed by atoms with E-state index in [4.69, 9.17) is 10.9 Å². The highest BCUT2D eigenvalue weighted by Crippen LogP contribution is 2.26. The molecule has 4 N–H and O–H groups in total. The van der Waals surface area contributed by atoms with Crippen LogP contribution in [0.15, 0.2) is 17.1 Å². The van der Waals surface area contributed by atoms with Gasteiger partial charge in [-0.1, -0.05) is 0 Å². The van der Waals surface area contributed by atoms with E-state index in [0.717, 1.165) is 12.3 Å². The summed E-state index contributed by atoms with van der Waals surface area (Å²) in [6.07, 6.45) is 1.02. The van der Waals surface area contributed by atoms with Crippen LogP contribution in [0.25, 0.3) is 10.9 Å². The molecule has 0 radical (unpaired) electrons. The first-order chi connectivity index (χ1) is 9.42. The number of carboxylic acids is 1. The number of rotatable bonds is 3. The number of nitrogens with one attached hydrogen (secondary N) is 1. The van der Waals surface area contributed by atoms with Crippen LogP contribution in [0.4, 0.5) is 14.5 Å². The van der Waals surface area contributed by atoms with Crippen molar-refractivity contribution in [2.75, 3.05) is 5.43 Å². The topological polar surface area (TPSA) is 97.3 Å². The molecule has 0 aliphatic carbocycles. The lowest BCUT2D eigenvalue weighted by atomic mass is 10.1. The number of carboxylic acid groups (broad SMARTS) is 1. The molecule has 0 amide bonds. The molecule has 0 aliphatic heterocycles. The van der Waals surface area contributed by atoms with Crippen molar-refractivity contribution in [3.63, 3.8) is 0 Å². The van der Waals surface area contributed by atoms with Gasteiger partial charge in [-0.3, -0.25) is 10.6 Å².